The Kier molecular flexibility index (Phi) is 4.63. The number of carbonyl (C=O) groups is 4. The van der Waals surface area contributed by atoms with Crippen molar-refractivity contribution in [1.82, 2.24) is 4.90 Å². The van der Waals surface area contributed by atoms with Crippen LogP contribution < -0.4 is 4.90 Å². The predicted octanol–water partition coefficient (Wildman–Crippen LogP) is 3.03. The van der Waals surface area contributed by atoms with E-state index in [1.54, 1.807) is 36.4 Å². The topological polar surface area (TPSA) is 74.8 Å². The number of rotatable bonds is 4. The van der Waals surface area contributed by atoms with Crippen LogP contribution in [0.4, 0.5) is 5.69 Å². The molecule has 2 amide bonds. The number of benzene rings is 2. The van der Waals surface area contributed by atoms with Crippen LogP contribution in [0.1, 0.15) is 46.0 Å². The Morgan fingerprint density at radius 3 is 2.13 bits per heavy atom. The van der Waals surface area contributed by atoms with Gasteiger partial charge in [0.25, 0.3) is 0 Å². The Bertz CT molecular complexity index is 1090. The second-order valence-corrected chi connectivity index (χ2v) is 8.79. The molecule has 5 rings (SSSR count). The minimum Gasteiger partial charge on any atom is -0.295 e. The van der Waals surface area contributed by atoms with Crippen LogP contribution >= 0.6 is 0 Å². The maximum atomic E-state index is 13.5. The summed E-state index contributed by atoms with van der Waals surface area (Å²) in [5, 5.41) is 0. The third-order valence-corrected chi connectivity index (χ3v) is 6.99. The zero-order valence-corrected chi connectivity index (χ0v) is 17.6. The van der Waals surface area contributed by atoms with Gasteiger partial charge in [0.1, 0.15) is 0 Å². The van der Waals surface area contributed by atoms with E-state index >= 15 is 0 Å². The number of fused-ring (bicyclic) bond motifs is 3. The van der Waals surface area contributed by atoms with Gasteiger partial charge >= 0.3 is 0 Å². The van der Waals surface area contributed by atoms with Gasteiger partial charge in [-0.15, -0.1) is 0 Å². The molecule has 31 heavy (non-hydrogen) atoms. The number of imide groups is 1. The summed E-state index contributed by atoms with van der Waals surface area (Å²) in [4.78, 5) is 55.3. The first-order valence-corrected chi connectivity index (χ1v) is 10.7. The summed E-state index contributed by atoms with van der Waals surface area (Å²) in [6.07, 6.45) is 1.73. The van der Waals surface area contributed by atoms with Crippen molar-refractivity contribution in [1.29, 1.82) is 0 Å². The molecule has 0 saturated carbocycles. The third-order valence-electron chi connectivity index (χ3n) is 6.99. The number of hydrogen-bond acceptors (Lipinski definition) is 5. The van der Waals surface area contributed by atoms with Crippen LogP contribution in [0.25, 0.3) is 0 Å². The number of carbonyl (C=O) groups excluding carboxylic acids is 4. The lowest BCUT2D eigenvalue weighted by Crippen LogP contribution is -2.46. The Hall–Kier alpha value is -3.12. The average Bonchev–Trinajstić information content (AvgIpc) is 3.40. The van der Waals surface area contributed by atoms with Gasteiger partial charge in [-0.05, 0) is 57.5 Å². The van der Waals surface area contributed by atoms with Crippen molar-refractivity contribution in [3.8, 4) is 0 Å². The summed E-state index contributed by atoms with van der Waals surface area (Å²) in [5.41, 5.74) is 2.62. The highest BCUT2D eigenvalue weighted by molar-refractivity contribution is 6.24. The molecular weight excluding hydrogens is 392 g/mol. The Morgan fingerprint density at radius 2 is 1.48 bits per heavy atom. The molecule has 3 saturated heterocycles. The molecule has 3 aliphatic rings. The minimum atomic E-state index is -0.668. The van der Waals surface area contributed by atoms with Crippen LogP contribution in [-0.2, 0) is 9.59 Å². The summed E-state index contributed by atoms with van der Waals surface area (Å²) in [6, 6.07) is 13.2. The molecule has 4 atom stereocenters. The molecule has 158 valence electrons. The monoisotopic (exact) mass is 416 g/mol. The Labute approximate surface area is 180 Å². The van der Waals surface area contributed by atoms with Crippen LogP contribution in [0.3, 0.4) is 0 Å². The van der Waals surface area contributed by atoms with Gasteiger partial charge in [0.2, 0.25) is 11.8 Å². The molecular formula is C25H24N2O4. The summed E-state index contributed by atoms with van der Waals surface area (Å²) in [6.45, 7) is 4.17. The maximum absolute atomic E-state index is 13.5. The summed E-state index contributed by atoms with van der Waals surface area (Å²) < 4.78 is 0. The molecule has 0 aromatic heterocycles. The standard InChI is InChI=1S/C25H24N2O4/c1-14-5-7-17(8-6-14)23(29)22-21-20(19-4-3-13-26(19)22)24(30)27(25(21)31)18-11-9-16(10-12-18)15(2)28/h5-12,19-22H,3-4,13H2,1-2H3/t19-,20+,21+,22+/m1/s1. The fourth-order valence-corrected chi connectivity index (χ4v) is 5.50. The van der Waals surface area contributed by atoms with E-state index in [0.717, 1.165) is 24.9 Å². The number of ketones is 2. The van der Waals surface area contributed by atoms with Crippen molar-refractivity contribution in [2.24, 2.45) is 11.8 Å². The molecule has 3 fully saturated rings. The number of amides is 2. The lowest BCUT2D eigenvalue weighted by molar-refractivity contribution is -0.123. The fourth-order valence-electron chi connectivity index (χ4n) is 5.50. The number of aryl methyl sites for hydroxylation is 1. The van der Waals surface area contributed by atoms with Crippen molar-refractivity contribution in [2.75, 3.05) is 11.4 Å². The van der Waals surface area contributed by atoms with Crippen LogP contribution in [0.2, 0.25) is 0 Å². The second-order valence-electron chi connectivity index (χ2n) is 8.79. The van der Waals surface area contributed by atoms with Gasteiger partial charge in [-0.3, -0.25) is 24.1 Å². The lowest BCUT2D eigenvalue weighted by Gasteiger charge is -2.27. The summed E-state index contributed by atoms with van der Waals surface area (Å²) >= 11 is 0. The SMILES string of the molecule is CC(=O)c1ccc(N2C(=O)[C@@H]3[C@H](C2=O)[C@@H](C(=O)c2ccc(C)cc2)N2CCC[C@H]32)cc1. The average molecular weight is 416 g/mol. The number of nitrogens with zero attached hydrogens (tertiary/aromatic N) is 2. The van der Waals surface area contributed by atoms with Gasteiger partial charge in [0.15, 0.2) is 11.6 Å². The van der Waals surface area contributed by atoms with E-state index in [9.17, 15) is 19.2 Å². The van der Waals surface area contributed by atoms with E-state index in [2.05, 4.69) is 4.90 Å². The van der Waals surface area contributed by atoms with Gasteiger partial charge in [-0.2, -0.15) is 0 Å². The molecule has 0 N–H and O–H groups in total. The Balaban J connectivity index is 1.52. The normalized spacial score (nSPS) is 27.5. The van der Waals surface area contributed by atoms with Gasteiger partial charge < -0.3 is 0 Å². The summed E-state index contributed by atoms with van der Waals surface area (Å²) in [5.74, 6) is -1.88. The molecule has 0 bridgehead atoms. The number of anilines is 1. The van der Waals surface area contributed by atoms with E-state index in [4.69, 9.17) is 0 Å². The first-order chi connectivity index (χ1) is 14.9. The van der Waals surface area contributed by atoms with Crippen molar-refractivity contribution in [2.45, 2.75) is 38.8 Å². The molecule has 0 unspecified atom stereocenters. The van der Waals surface area contributed by atoms with E-state index in [-0.39, 0.29) is 29.4 Å². The molecule has 2 aromatic rings. The smallest absolute Gasteiger partial charge is 0.239 e. The minimum absolute atomic E-state index is 0.0761. The van der Waals surface area contributed by atoms with Gasteiger partial charge in [-0.25, -0.2) is 4.90 Å². The Morgan fingerprint density at radius 1 is 0.871 bits per heavy atom. The zero-order chi connectivity index (χ0) is 21.9. The number of Topliss-reactive ketones (excluding diaryl/α,β-unsaturated/α-hetero) is 2. The lowest BCUT2D eigenvalue weighted by atomic mass is 9.85. The fraction of sp³-hybridized carbons (Fsp3) is 0.360. The first kappa shape index (κ1) is 19.8. The van der Waals surface area contributed by atoms with Gasteiger partial charge in [-0.1, -0.05) is 29.8 Å². The molecule has 3 heterocycles. The molecule has 0 spiro atoms. The highest BCUT2D eigenvalue weighted by Gasteiger charge is 2.64. The molecule has 0 radical (unpaired) electrons. The highest BCUT2D eigenvalue weighted by atomic mass is 16.2. The molecule has 3 aliphatic heterocycles. The summed E-state index contributed by atoms with van der Waals surface area (Å²) in [7, 11) is 0. The quantitative estimate of drug-likeness (QED) is 0.566. The van der Waals surface area contributed by atoms with Crippen molar-refractivity contribution in [3.05, 3.63) is 65.2 Å². The van der Waals surface area contributed by atoms with Crippen molar-refractivity contribution >= 4 is 29.1 Å². The zero-order valence-electron chi connectivity index (χ0n) is 17.6. The van der Waals surface area contributed by atoms with Gasteiger partial charge in [0, 0.05) is 17.2 Å². The first-order valence-electron chi connectivity index (χ1n) is 10.7. The second kappa shape index (κ2) is 7.24. The van der Waals surface area contributed by atoms with Crippen LogP contribution in [0.5, 0.6) is 0 Å². The third kappa shape index (κ3) is 2.97. The van der Waals surface area contributed by atoms with Crippen molar-refractivity contribution < 1.29 is 19.2 Å². The molecule has 6 heteroatoms. The van der Waals surface area contributed by atoms with Crippen LogP contribution in [0.15, 0.2) is 48.5 Å². The van der Waals surface area contributed by atoms with E-state index < -0.39 is 17.9 Å². The van der Waals surface area contributed by atoms with E-state index in [1.165, 1.54) is 11.8 Å². The van der Waals surface area contributed by atoms with Crippen molar-refractivity contribution in [3.63, 3.8) is 0 Å². The van der Waals surface area contributed by atoms with E-state index in [0.29, 0.717) is 16.8 Å². The van der Waals surface area contributed by atoms with E-state index in [1.807, 2.05) is 19.1 Å². The molecule has 6 nitrogen and oxygen atoms in total. The number of hydrogen-bond donors (Lipinski definition) is 0. The van der Waals surface area contributed by atoms with Crippen LogP contribution in [-0.4, -0.2) is 46.9 Å². The highest BCUT2D eigenvalue weighted by Crippen LogP contribution is 2.48. The molecule has 2 aromatic carbocycles. The van der Waals surface area contributed by atoms with Gasteiger partial charge in [0.05, 0.1) is 23.6 Å². The predicted molar refractivity (Wildman–Crippen MR) is 115 cm³/mol. The van der Waals surface area contributed by atoms with Crippen LogP contribution in [0, 0.1) is 18.8 Å². The maximum Gasteiger partial charge on any atom is 0.239 e. The largest absolute Gasteiger partial charge is 0.295 e. The molecule has 0 aliphatic carbocycles.